The van der Waals surface area contributed by atoms with Crippen LogP contribution in [0.3, 0.4) is 0 Å². The van der Waals surface area contributed by atoms with Crippen molar-refractivity contribution in [2.45, 2.75) is 9.79 Å². The fourth-order valence-corrected chi connectivity index (χ4v) is 6.83. The summed E-state index contributed by atoms with van der Waals surface area (Å²) in [6, 6.07) is 18.3. The molecule has 0 bridgehead atoms. The third-order valence-corrected chi connectivity index (χ3v) is 9.77. The first-order valence-electron chi connectivity index (χ1n) is 12.5. The highest BCUT2D eigenvalue weighted by molar-refractivity contribution is 7.92. The number of nitro groups is 1. The molecule has 0 aliphatic carbocycles. The Morgan fingerprint density at radius 1 is 0.951 bits per heavy atom. The van der Waals surface area contributed by atoms with Crippen molar-refractivity contribution in [2.24, 2.45) is 0 Å². The van der Waals surface area contributed by atoms with Gasteiger partial charge in [0.1, 0.15) is 18.9 Å². The summed E-state index contributed by atoms with van der Waals surface area (Å²) < 4.78 is 65.2. The number of hydrogen-bond acceptors (Lipinski definition) is 9. The second-order valence-corrected chi connectivity index (χ2v) is 12.6. The van der Waals surface area contributed by atoms with Crippen LogP contribution < -0.4 is 14.4 Å². The molecule has 1 fully saturated rings. The lowest BCUT2D eigenvalue weighted by Gasteiger charge is -2.26. The van der Waals surface area contributed by atoms with Crippen LogP contribution in [0.5, 0.6) is 5.75 Å². The van der Waals surface area contributed by atoms with Gasteiger partial charge in [-0.05, 0) is 42.5 Å². The third-order valence-electron chi connectivity index (χ3n) is 6.07. The van der Waals surface area contributed by atoms with E-state index in [1.807, 2.05) is 0 Å². The molecular weight excluding hydrogens is 576 g/mol. The van der Waals surface area contributed by atoms with Crippen LogP contribution in [-0.2, 0) is 29.6 Å². The van der Waals surface area contributed by atoms with E-state index in [9.17, 15) is 31.7 Å². The van der Waals surface area contributed by atoms with E-state index in [0.717, 1.165) is 10.4 Å². The average Bonchev–Trinajstić information content (AvgIpc) is 2.99. The largest absolute Gasteiger partial charge is 0.492 e. The van der Waals surface area contributed by atoms with Crippen molar-refractivity contribution in [3.05, 3.63) is 89.0 Å². The lowest BCUT2D eigenvalue weighted by molar-refractivity contribution is -0.384. The minimum absolute atomic E-state index is 0.0147. The highest BCUT2D eigenvalue weighted by atomic mass is 32.2. The van der Waals surface area contributed by atoms with Gasteiger partial charge in [0.05, 0.1) is 40.2 Å². The highest BCUT2D eigenvalue weighted by Crippen LogP contribution is 2.27. The van der Waals surface area contributed by atoms with Gasteiger partial charge in [-0.1, -0.05) is 24.3 Å². The number of benzene rings is 3. The van der Waals surface area contributed by atoms with E-state index in [-0.39, 0.29) is 47.4 Å². The number of ether oxygens (including phenoxy) is 2. The SMILES string of the molecule is O=C(CN(c1cccc([N+](=O)[O-])c1)S(=O)(=O)c1ccccc1)NCCOc1ccc(S(=O)(=O)N2CCOCC2)cc1. The summed E-state index contributed by atoms with van der Waals surface area (Å²) in [6.45, 7) is 0.647. The Hall–Kier alpha value is -4.05. The van der Waals surface area contributed by atoms with Crippen LogP contribution in [-0.4, -0.2) is 78.0 Å². The highest BCUT2D eigenvalue weighted by Gasteiger charge is 2.28. The summed E-state index contributed by atoms with van der Waals surface area (Å²) in [5.41, 5.74) is -0.366. The molecule has 1 saturated heterocycles. The van der Waals surface area contributed by atoms with Gasteiger partial charge >= 0.3 is 0 Å². The molecule has 1 aliphatic rings. The standard InChI is InChI=1S/C26H28N4O9S2/c31-26(27-13-16-39-23-9-11-25(12-10-23)40(34,35)28-14-17-38-18-15-28)20-29(21-5-4-6-22(19-21)30(32)33)41(36,37)24-7-2-1-3-8-24/h1-12,19H,13-18,20H2,(H,27,31). The molecule has 0 unspecified atom stereocenters. The van der Waals surface area contributed by atoms with Gasteiger partial charge < -0.3 is 14.8 Å². The molecule has 3 aromatic carbocycles. The Balaban J connectivity index is 1.37. The molecule has 218 valence electrons. The summed E-state index contributed by atoms with van der Waals surface area (Å²) in [5, 5.41) is 13.8. The number of morpholine rings is 1. The predicted octanol–water partition coefficient (Wildman–Crippen LogP) is 2.01. The molecule has 0 atom stereocenters. The maximum atomic E-state index is 13.4. The molecule has 4 rings (SSSR count). The van der Waals surface area contributed by atoms with Crippen molar-refractivity contribution in [3.63, 3.8) is 0 Å². The number of amides is 1. The molecule has 1 amide bonds. The normalized spacial score (nSPS) is 14.2. The van der Waals surface area contributed by atoms with Crippen LogP contribution in [0, 0.1) is 10.1 Å². The maximum absolute atomic E-state index is 13.4. The second kappa shape index (κ2) is 13.1. The summed E-state index contributed by atoms with van der Waals surface area (Å²) >= 11 is 0. The first-order valence-corrected chi connectivity index (χ1v) is 15.4. The molecule has 1 N–H and O–H groups in total. The number of nitrogens with zero attached hydrogens (tertiary/aromatic N) is 3. The molecule has 0 radical (unpaired) electrons. The number of carbonyl (C=O) groups is 1. The number of carbonyl (C=O) groups excluding carboxylic acids is 1. The van der Waals surface area contributed by atoms with Crippen LogP contribution in [0.2, 0.25) is 0 Å². The van der Waals surface area contributed by atoms with E-state index < -0.39 is 37.4 Å². The third kappa shape index (κ3) is 7.38. The van der Waals surface area contributed by atoms with E-state index in [2.05, 4.69) is 5.32 Å². The zero-order chi connectivity index (χ0) is 29.5. The Bertz CT molecular complexity index is 1580. The minimum Gasteiger partial charge on any atom is -0.492 e. The van der Waals surface area contributed by atoms with Gasteiger partial charge in [-0.15, -0.1) is 0 Å². The van der Waals surface area contributed by atoms with Gasteiger partial charge in [0.15, 0.2) is 0 Å². The molecular formula is C26H28N4O9S2. The molecule has 1 aliphatic heterocycles. The van der Waals surface area contributed by atoms with Crippen molar-refractivity contribution in [1.29, 1.82) is 0 Å². The summed E-state index contributed by atoms with van der Waals surface area (Å²) in [4.78, 5) is 23.4. The smallest absolute Gasteiger partial charge is 0.271 e. The Morgan fingerprint density at radius 2 is 1.63 bits per heavy atom. The number of anilines is 1. The van der Waals surface area contributed by atoms with Crippen LogP contribution in [0.15, 0.2) is 88.7 Å². The fourth-order valence-electron chi connectivity index (χ4n) is 3.99. The first-order chi connectivity index (χ1) is 19.6. The quantitative estimate of drug-likeness (QED) is 0.185. The summed E-state index contributed by atoms with van der Waals surface area (Å²) in [5.74, 6) is -0.281. The number of nitro benzene ring substituents is 1. The lowest BCUT2D eigenvalue weighted by atomic mass is 10.3. The van der Waals surface area contributed by atoms with Gasteiger partial charge in [-0.2, -0.15) is 4.31 Å². The zero-order valence-corrected chi connectivity index (χ0v) is 23.4. The van der Waals surface area contributed by atoms with Crippen LogP contribution in [0.25, 0.3) is 0 Å². The molecule has 13 nitrogen and oxygen atoms in total. The minimum atomic E-state index is -4.23. The number of sulfonamides is 2. The lowest BCUT2D eigenvalue weighted by Crippen LogP contribution is -2.42. The van der Waals surface area contributed by atoms with Crippen LogP contribution in [0.1, 0.15) is 0 Å². The Kier molecular flexibility index (Phi) is 9.54. The van der Waals surface area contributed by atoms with Crippen molar-refractivity contribution in [2.75, 3.05) is 50.3 Å². The summed E-state index contributed by atoms with van der Waals surface area (Å²) in [6.07, 6.45) is 0. The predicted molar refractivity (Wildman–Crippen MR) is 149 cm³/mol. The molecule has 3 aromatic rings. The van der Waals surface area contributed by atoms with E-state index >= 15 is 0 Å². The van der Waals surface area contributed by atoms with Crippen molar-refractivity contribution in [1.82, 2.24) is 9.62 Å². The second-order valence-electron chi connectivity index (χ2n) is 8.79. The van der Waals surface area contributed by atoms with Crippen molar-refractivity contribution >= 4 is 37.3 Å². The molecule has 0 saturated carbocycles. The molecule has 0 aromatic heterocycles. The number of hydrogen-bond donors (Lipinski definition) is 1. The van der Waals surface area contributed by atoms with Gasteiger partial charge in [-0.25, -0.2) is 16.8 Å². The number of rotatable bonds is 12. The monoisotopic (exact) mass is 604 g/mol. The average molecular weight is 605 g/mol. The molecule has 15 heteroatoms. The van der Waals surface area contributed by atoms with Crippen LogP contribution >= 0.6 is 0 Å². The van der Waals surface area contributed by atoms with E-state index in [4.69, 9.17) is 9.47 Å². The fraction of sp³-hybridized carbons (Fsp3) is 0.269. The van der Waals surface area contributed by atoms with Crippen molar-refractivity contribution < 1.29 is 36.0 Å². The molecule has 41 heavy (non-hydrogen) atoms. The number of nitrogens with one attached hydrogen (secondary N) is 1. The van der Waals surface area contributed by atoms with Gasteiger partial charge in [0, 0.05) is 25.2 Å². The molecule has 0 spiro atoms. The Labute approximate surface area is 237 Å². The van der Waals surface area contributed by atoms with E-state index in [1.54, 1.807) is 6.07 Å². The Morgan fingerprint density at radius 3 is 2.29 bits per heavy atom. The van der Waals surface area contributed by atoms with Crippen LogP contribution in [0.4, 0.5) is 11.4 Å². The topological polar surface area (TPSA) is 165 Å². The number of non-ortho nitro benzene ring substituents is 1. The van der Waals surface area contributed by atoms with Crippen molar-refractivity contribution in [3.8, 4) is 5.75 Å². The van der Waals surface area contributed by atoms with E-state index in [0.29, 0.717) is 19.0 Å². The zero-order valence-electron chi connectivity index (χ0n) is 21.8. The van der Waals surface area contributed by atoms with E-state index in [1.165, 1.54) is 71.0 Å². The van der Waals surface area contributed by atoms with Gasteiger partial charge in [-0.3, -0.25) is 19.2 Å². The van der Waals surface area contributed by atoms with Gasteiger partial charge in [0.2, 0.25) is 15.9 Å². The maximum Gasteiger partial charge on any atom is 0.271 e. The summed E-state index contributed by atoms with van der Waals surface area (Å²) in [7, 11) is -7.87. The van der Waals surface area contributed by atoms with Gasteiger partial charge in [0.25, 0.3) is 15.7 Å². The first kappa shape index (κ1) is 29.9. The molecule has 1 heterocycles.